The summed E-state index contributed by atoms with van der Waals surface area (Å²) in [5.74, 6) is 0.370. The van der Waals surface area contributed by atoms with Gasteiger partial charge < -0.3 is 15.0 Å². The molecule has 1 unspecified atom stereocenters. The Labute approximate surface area is 228 Å². The van der Waals surface area contributed by atoms with Gasteiger partial charge in [-0.3, -0.25) is 4.79 Å². The van der Waals surface area contributed by atoms with Crippen molar-refractivity contribution in [2.24, 2.45) is 17.8 Å². The van der Waals surface area contributed by atoms with Crippen molar-refractivity contribution in [3.8, 4) is 16.3 Å². The number of amides is 2. The molecule has 1 aliphatic heterocycles. The monoisotopic (exact) mass is 558 g/mol. The third kappa shape index (κ3) is 5.78. The van der Waals surface area contributed by atoms with E-state index in [1.807, 2.05) is 38.1 Å². The minimum Gasteiger partial charge on any atom is -0.391 e. The standard InChI is InChI=1S/C28H29F3N4O3S/c1-15-6-4-7-18(10-15)25-24(33-17(3)39-25)26(36)35-14-19-11-16(2)12-20(19)21(35)13-32-27(37)38-23-9-5-8-22(34-23)28(29,30)31/h4-10,16,19-21H,11-14H2,1-3H3,(H,32,37)/t16?,19-,20-,21+/m0/s1. The van der Waals surface area contributed by atoms with Gasteiger partial charge >= 0.3 is 12.3 Å². The van der Waals surface area contributed by atoms with Gasteiger partial charge in [0.15, 0.2) is 0 Å². The fourth-order valence-electron chi connectivity index (χ4n) is 5.88. The lowest BCUT2D eigenvalue weighted by Gasteiger charge is -2.28. The molecule has 206 valence electrons. The number of aryl methyl sites for hydroxylation is 2. The number of pyridine rings is 1. The number of nitrogens with zero attached hydrogens (tertiary/aromatic N) is 3. The number of thiazole rings is 1. The second-order valence-corrected chi connectivity index (χ2v) is 11.6. The zero-order valence-electron chi connectivity index (χ0n) is 21.8. The van der Waals surface area contributed by atoms with Crippen LogP contribution in [0.2, 0.25) is 0 Å². The van der Waals surface area contributed by atoms with Gasteiger partial charge in [0.05, 0.1) is 15.9 Å². The van der Waals surface area contributed by atoms with Gasteiger partial charge in [-0.1, -0.05) is 42.8 Å². The van der Waals surface area contributed by atoms with Crippen LogP contribution in [0, 0.1) is 31.6 Å². The van der Waals surface area contributed by atoms with Crippen LogP contribution in [0.15, 0.2) is 42.5 Å². The number of carbonyl (C=O) groups excluding carboxylic acids is 2. The molecule has 1 saturated carbocycles. The predicted molar refractivity (Wildman–Crippen MR) is 140 cm³/mol. The normalized spacial score (nSPS) is 22.6. The molecule has 2 aliphatic rings. The van der Waals surface area contributed by atoms with E-state index >= 15 is 0 Å². The van der Waals surface area contributed by atoms with Crippen molar-refractivity contribution in [2.45, 2.75) is 45.8 Å². The van der Waals surface area contributed by atoms with Crippen LogP contribution in [0.4, 0.5) is 18.0 Å². The summed E-state index contributed by atoms with van der Waals surface area (Å²) in [5.41, 5.74) is 1.27. The Morgan fingerprint density at radius 1 is 1.13 bits per heavy atom. The molecule has 2 aromatic heterocycles. The van der Waals surface area contributed by atoms with E-state index in [0.717, 1.165) is 46.0 Å². The summed E-state index contributed by atoms with van der Waals surface area (Å²) in [5, 5.41) is 3.45. The van der Waals surface area contributed by atoms with Crippen molar-refractivity contribution < 1.29 is 27.5 Å². The molecule has 3 heterocycles. The van der Waals surface area contributed by atoms with Gasteiger partial charge in [0, 0.05) is 19.2 Å². The van der Waals surface area contributed by atoms with Crippen molar-refractivity contribution in [3.05, 3.63) is 64.4 Å². The lowest BCUT2D eigenvalue weighted by Crippen LogP contribution is -2.46. The minimum absolute atomic E-state index is 0.111. The summed E-state index contributed by atoms with van der Waals surface area (Å²) < 4.78 is 43.9. The molecular weight excluding hydrogens is 529 g/mol. The Morgan fingerprint density at radius 2 is 1.90 bits per heavy atom. The van der Waals surface area contributed by atoms with Gasteiger partial charge in [0.1, 0.15) is 11.4 Å². The third-order valence-corrected chi connectivity index (χ3v) is 8.48. The molecule has 3 aromatic rings. The number of fused-ring (bicyclic) bond motifs is 1. The molecule has 2 amide bonds. The lowest BCUT2D eigenvalue weighted by molar-refractivity contribution is -0.141. The number of likely N-dealkylation sites (tertiary alicyclic amines) is 1. The van der Waals surface area contributed by atoms with Crippen LogP contribution < -0.4 is 10.1 Å². The number of hydrogen-bond donors (Lipinski definition) is 1. The highest BCUT2D eigenvalue weighted by Gasteiger charge is 2.48. The molecule has 0 spiro atoms. The molecule has 1 aromatic carbocycles. The second kappa shape index (κ2) is 10.6. The molecule has 1 N–H and O–H groups in total. The van der Waals surface area contributed by atoms with Gasteiger partial charge in [-0.25, -0.2) is 14.8 Å². The van der Waals surface area contributed by atoms with Gasteiger partial charge in [0.25, 0.3) is 5.91 Å². The molecule has 11 heteroatoms. The van der Waals surface area contributed by atoms with Crippen LogP contribution in [0.3, 0.4) is 0 Å². The highest BCUT2D eigenvalue weighted by Crippen LogP contribution is 2.46. The number of nitrogens with one attached hydrogen (secondary N) is 1. The number of aromatic nitrogens is 2. The third-order valence-electron chi connectivity index (χ3n) is 7.46. The van der Waals surface area contributed by atoms with E-state index in [9.17, 15) is 22.8 Å². The molecule has 0 radical (unpaired) electrons. The highest BCUT2D eigenvalue weighted by molar-refractivity contribution is 7.15. The molecule has 7 nitrogen and oxygen atoms in total. The van der Waals surface area contributed by atoms with Crippen molar-refractivity contribution in [3.63, 3.8) is 0 Å². The first kappa shape index (κ1) is 27.1. The SMILES string of the molecule is Cc1cccc(-c2sc(C)nc2C(=O)N2C[C@@H]3CC(C)C[C@@H]3[C@H]2CNC(=O)Oc2cccc(C(F)(F)F)n2)c1. The van der Waals surface area contributed by atoms with Gasteiger partial charge in [-0.2, -0.15) is 13.2 Å². The lowest BCUT2D eigenvalue weighted by atomic mass is 9.93. The minimum atomic E-state index is -4.65. The summed E-state index contributed by atoms with van der Waals surface area (Å²) in [6.07, 6.45) is -3.66. The van der Waals surface area contributed by atoms with Crippen LogP contribution in [0.25, 0.3) is 10.4 Å². The highest BCUT2D eigenvalue weighted by atomic mass is 32.1. The number of benzene rings is 1. The number of carbonyl (C=O) groups is 2. The fourth-order valence-corrected chi connectivity index (χ4v) is 6.79. The number of rotatable bonds is 5. The molecule has 2 fully saturated rings. The maximum atomic E-state index is 13.9. The molecule has 39 heavy (non-hydrogen) atoms. The first-order valence-electron chi connectivity index (χ1n) is 12.8. The Bertz CT molecular complexity index is 1390. The maximum absolute atomic E-state index is 13.9. The number of alkyl halides is 3. The van der Waals surface area contributed by atoms with E-state index in [1.165, 1.54) is 17.4 Å². The summed E-state index contributed by atoms with van der Waals surface area (Å²) in [6, 6.07) is 10.8. The number of hydrogen-bond acceptors (Lipinski definition) is 6. The quantitative estimate of drug-likeness (QED) is 0.408. The van der Waals surface area contributed by atoms with E-state index in [1.54, 1.807) is 4.90 Å². The number of halogens is 3. The Balaban J connectivity index is 1.34. The average Bonchev–Trinajstić information content (AvgIpc) is 3.54. The van der Waals surface area contributed by atoms with Crippen molar-refractivity contribution in [1.82, 2.24) is 20.2 Å². The average molecular weight is 559 g/mol. The van der Waals surface area contributed by atoms with E-state index in [-0.39, 0.29) is 24.4 Å². The topological polar surface area (TPSA) is 84.4 Å². The molecule has 1 aliphatic carbocycles. The van der Waals surface area contributed by atoms with Crippen LogP contribution in [0.5, 0.6) is 5.88 Å². The van der Waals surface area contributed by atoms with Crippen LogP contribution in [-0.4, -0.2) is 46.0 Å². The number of ether oxygens (including phenoxy) is 1. The Morgan fingerprint density at radius 3 is 2.64 bits per heavy atom. The van der Waals surface area contributed by atoms with Gasteiger partial charge in [0.2, 0.25) is 5.88 Å². The van der Waals surface area contributed by atoms with Crippen LogP contribution in [0.1, 0.15) is 46.5 Å². The smallest absolute Gasteiger partial charge is 0.391 e. The van der Waals surface area contributed by atoms with Crippen LogP contribution >= 0.6 is 11.3 Å². The summed E-state index contributed by atoms with van der Waals surface area (Å²) >= 11 is 1.47. The van der Waals surface area contributed by atoms with Crippen LogP contribution in [-0.2, 0) is 6.18 Å². The van der Waals surface area contributed by atoms with Crippen molar-refractivity contribution in [2.75, 3.05) is 13.1 Å². The maximum Gasteiger partial charge on any atom is 0.433 e. The Kier molecular flexibility index (Phi) is 7.37. The zero-order chi connectivity index (χ0) is 27.9. The van der Waals surface area contributed by atoms with Gasteiger partial charge in [-0.15, -0.1) is 11.3 Å². The molecule has 4 atom stereocenters. The summed E-state index contributed by atoms with van der Waals surface area (Å²) in [4.78, 5) is 37.1. The summed E-state index contributed by atoms with van der Waals surface area (Å²) in [7, 11) is 0. The molecule has 1 saturated heterocycles. The molecule has 5 rings (SSSR count). The first-order chi connectivity index (χ1) is 18.5. The largest absolute Gasteiger partial charge is 0.433 e. The Hall–Kier alpha value is -3.47. The van der Waals surface area contributed by atoms with Crippen molar-refractivity contribution in [1.29, 1.82) is 0 Å². The zero-order valence-corrected chi connectivity index (χ0v) is 22.6. The molecule has 0 bridgehead atoms. The van der Waals surface area contributed by atoms with Gasteiger partial charge in [-0.05, 0) is 56.1 Å². The van der Waals surface area contributed by atoms with E-state index in [0.29, 0.717) is 24.1 Å². The van der Waals surface area contributed by atoms with E-state index < -0.39 is 23.8 Å². The predicted octanol–water partition coefficient (Wildman–Crippen LogP) is 6.12. The fraction of sp³-hybridized carbons (Fsp3) is 0.429. The second-order valence-electron chi connectivity index (χ2n) is 10.4. The first-order valence-corrected chi connectivity index (χ1v) is 13.7. The van der Waals surface area contributed by atoms with Crippen molar-refractivity contribution >= 4 is 23.3 Å². The summed E-state index contributed by atoms with van der Waals surface area (Å²) in [6.45, 7) is 6.73. The van der Waals surface area contributed by atoms with E-state index in [4.69, 9.17) is 4.74 Å². The molecular formula is C28H29F3N4O3S. The van der Waals surface area contributed by atoms with E-state index in [2.05, 4.69) is 22.2 Å².